The molecular weight excluding hydrogens is 218 g/mol. The van der Waals surface area contributed by atoms with Gasteiger partial charge in [0.25, 0.3) is 0 Å². The van der Waals surface area contributed by atoms with Gasteiger partial charge in [-0.3, -0.25) is 0 Å². The van der Waals surface area contributed by atoms with E-state index in [1.165, 1.54) is 36.1 Å². The van der Waals surface area contributed by atoms with Gasteiger partial charge >= 0.3 is 0 Å². The van der Waals surface area contributed by atoms with Crippen LogP contribution in [-0.4, -0.2) is 12.1 Å². The highest BCUT2D eigenvalue weighted by molar-refractivity contribution is 5.31. The van der Waals surface area contributed by atoms with Crippen molar-refractivity contribution in [2.75, 3.05) is 6.54 Å². The normalized spacial score (nSPS) is 24.5. The lowest BCUT2D eigenvalue weighted by molar-refractivity contribution is 0.159. The molecule has 1 nitrogen and oxygen atoms in total. The molecule has 2 rings (SSSR count). The second-order valence-corrected chi connectivity index (χ2v) is 6.96. The van der Waals surface area contributed by atoms with Gasteiger partial charge in [-0.05, 0) is 61.8 Å². The fourth-order valence-electron chi connectivity index (χ4n) is 3.12. The smallest absolute Gasteiger partial charge is 0.0270 e. The summed E-state index contributed by atoms with van der Waals surface area (Å²) in [7, 11) is 0. The van der Waals surface area contributed by atoms with Crippen LogP contribution in [0.25, 0.3) is 0 Å². The zero-order valence-electron chi connectivity index (χ0n) is 12.6. The second kappa shape index (κ2) is 4.70. The Kier molecular flexibility index (Phi) is 3.55. The van der Waals surface area contributed by atoms with E-state index >= 15 is 0 Å². The molecule has 100 valence electrons. The largest absolute Gasteiger partial charge is 0.310 e. The molecule has 1 unspecified atom stereocenters. The monoisotopic (exact) mass is 245 g/mol. The minimum Gasteiger partial charge on any atom is -0.310 e. The average Bonchev–Trinajstić information content (AvgIpc) is 2.73. The Morgan fingerprint density at radius 3 is 2.39 bits per heavy atom. The molecule has 1 fully saturated rings. The first kappa shape index (κ1) is 13.6. The molecule has 1 aromatic carbocycles. The molecule has 0 bridgehead atoms. The Labute approximate surface area is 112 Å². The van der Waals surface area contributed by atoms with Crippen molar-refractivity contribution in [2.45, 2.75) is 59.4 Å². The molecule has 1 aliphatic rings. The van der Waals surface area contributed by atoms with Crippen LogP contribution in [0.4, 0.5) is 0 Å². The van der Waals surface area contributed by atoms with Crippen molar-refractivity contribution in [3.63, 3.8) is 0 Å². The zero-order chi connectivity index (χ0) is 13.4. The molecule has 0 aliphatic carbocycles. The predicted octanol–water partition coefficient (Wildman–Crippen LogP) is 4.01. The lowest BCUT2D eigenvalue weighted by atomic mass is 9.69. The van der Waals surface area contributed by atoms with Gasteiger partial charge in [0.15, 0.2) is 0 Å². The Morgan fingerprint density at radius 2 is 1.89 bits per heavy atom. The van der Waals surface area contributed by atoms with E-state index in [0.29, 0.717) is 5.41 Å². The van der Waals surface area contributed by atoms with Crippen LogP contribution in [-0.2, 0) is 6.42 Å². The average molecular weight is 245 g/mol. The molecule has 18 heavy (non-hydrogen) atoms. The molecule has 1 N–H and O–H groups in total. The molecule has 1 atom stereocenters. The van der Waals surface area contributed by atoms with E-state index in [2.05, 4.69) is 58.1 Å². The molecular formula is C17H27N. The summed E-state index contributed by atoms with van der Waals surface area (Å²) in [5.41, 5.74) is 4.86. The topological polar surface area (TPSA) is 12.0 Å². The van der Waals surface area contributed by atoms with Gasteiger partial charge in [0.1, 0.15) is 0 Å². The molecule has 1 saturated heterocycles. The van der Waals surface area contributed by atoms with Crippen molar-refractivity contribution in [1.29, 1.82) is 0 Å². The number of aryl methyl sites for hydroxylation is 2. The molecule has 1 aliphatic heterocycles. The fourth-order valence-corrected chi connectivity index (χ4v) is 3.12. The molecule has 1 aromatic rings. The second-order valence-electron chi connectivity index (χ2n) is 6.96. The van der Waals surface area contributed by atoms with Gasteiger partial charge < -0.3 is 5.32 Å². The standard InChI is InChI=1S/C17H27N/c1-13-7-8-15(11-14(13)2)12-17(16(3,4)5)9-6-10-18-17/h7-8,11,18H,6,9-10,12H2,1-5H3. The SMILES string of the molecule is Cc1ccc(CC2(C(C)(C)C)CCCN2)cc1C. The van der Waals surface area contributed by atoms with E-state index < -0.39 is 0 Å². The molecule has 1 heterocycles. The van der Waals surface area contributed by atoms with Crippen LogP contribution < -0.4 is 5.32 Å². The van der Waals surface area contributed by atoms with E-state index in [9.17, 15) is 0 Å². The van der Waals surface area contributed by atoms with Crippen molar-refractivity contribution in [3.8, 4) is 0 Å². The van der Waals surface area contributed by atoms with Crippen molar-refractivity contribution in [2.24, 2.45) is 5.41 Å². The van der Waals surface area contributed by atoms with E-state index in [-0.39, 0.29) is 5.54 Å². The summed E-state index contributed by atoms with van der Waals surface area (Å²) in [6.45, 7) is 12.7. The summed E-state index contributed by atoms with van der Waals surface area (Å²) >= 11 is 0. The van der Waals surface area contributed by atoms with Crippen LogP contribution >= 0.6 is 0 Å². The molecule has 0 spiro atoms. The molecule has 0 amide bonds. The van der Waals surface area contributed by atoms with E-state index in [1.807, 2.05) is 0 Å². The molecule has 1 heteroatoms. The Hall–Kier alpha value is -0.820. The van der Waals surface area contributed by atoms with Crippen molar-refractivity contribution in [3.05, 3.63) is 34.9 Å². The first-order valence-corrected chi connectivity index (χ1v) is 7.15. The quantitative estimate of drug-likeness (QED) is 0.830. The van der Waals surface area contributed by atoms with Crippen molar-refractivity contribution in [1.82, 2.24) is 5.32 Å². The highest BCUT2D eigenvalue weighted by Crippen LogP contribution is 2.40. The minimum atomic E-state index is 0.273. The Balaban J connectivity index is 2.27. The lowest BCUT2D eigenvalue weighted by Gasteiger charge is -2.42. The fraction of sp³-hybridized carbons (Fsp3) is 0.647. The highest BCUT2D eigenvalue weighted by Gasteiger charge is 2.43. The van der Waals surface area contributed by atoms with Crippen molar-refractivity contribution >= 4 is 0 Å². The summed E-state index contributed by atoms with van der Waals surface area (Å²) in [5.74, 6) is 0. The molecule has 0 saturated carbocycles. The summed E-state index contributed by atoms with van der Waals surface area (Å²) in [6, 6.07) is 6.93. The van der Waals surface area contributed by atoms with Crippen LogP contribution in [0.3, 0.4) is 0 Å². The van der Waals surface area contributed by atoms with Gasteiger partial charge in [0.2, 0.25) is 0 Å². The van der Waals surface area contributed by atoms with Gasteiger partial charge in [-0.2, -0.15) is 0 Å². The summed E-state index contributed by atoms with van der Waals surface area (Å²) in [5, 5.41) is 3.79. The lowest BCUT2D eigenvalue weighted by Crippen LogP contribution is -2.52. The highest BCUT2D eigenvalue weighted by atomic mass is 15.0. The van der Waals surface area contributed by atoms with Crippen LogP contribution in [0.2, 0.25) is 0 Å². The first-order valence-electron chi connectivity index (χ1n) is 7.15. The number of hydrogen-bond acceptors (Lipinski definition) is 1. The Morgan fingerprint density at radius 1 is 1.17 bits per heavy atom. The van der Waals surface area contributed by atoms with Crippen molar-refractivity contribution < 1.29 is 0 Å². The zero-order valence-corrected chi connectivity index (χ0v) is 12.6. The van der Waals surface area contributed by atoms with Crippen LogP contribution in [0.1, 0.15) is 50.3 Å². The number of hydrogen-bond donors (Lipinski definition) is 1. The van der Waals surface area contributed by atoms with Crippen LogP contribution in [0, 0.1) is 19.3 Å². The first-order chi connectivity index (χ1) is 8.34. The van der Waals surface area contributed by atoms with Crippen LogP contribution in [0.5, 0.6) is 0 Å². The summed E-state index contributed by atoms with van der Waals surface area (Å²) < 4.78 is 0. The Bertz CT molecular complexity index is 420. The van der Waals surface area contributed by atoms with Gasteiger partial charge in [0.05, 0.1) is 0 Å². The third-order valence-corrected chi connectivity index (χ3v) is 4.76. The maximum absolute atomic E-state index is 3.79. The predicted molar refractivity (Wildman–Crippen MR) is 79.0 cm³/mol. The summed E-state index contributed by atoms with van der Waals surface area (Å²) in [4.78, 5) is 0. The summed E-state index contributed by atoms with van der Waals surface area (Å²) in [6.07, 6.45) is 3.75. The molecule has 0 aromatic heterocycles. The number of benzene rings is 1. The maximum atomic E-state index is 3.79. The van der Waals surface area contributed by atoms with Gasteiger partial charge in [-0.25, -0.2) is 0 Å². The van der Waals surface area contributed by atoms with E-state index in [0.717, 1.165) is 6.42 Å². The van der Waals surface area contributed by atoms with E-state index in [4.69, 9.17) is 0 Å². The molecule has 0 radical (unpaired) electrons. The minimum absolute atomic E-state index is 0.273. The van der Waals surface area contributed by atoms with E-state index in [1.54, 1.807) is 0 Å². The number of rotatable bonds is 2. The van der Waals surface area contributed by atoms with Gasteiger partial charge in [-0.1, -0.05) is 39.0 Å². The number of nitrogens with one attached hydrogen (secondary N) is 1. The van der Waals surface area contributed by atoms with Gasteiger partial charge in [-0.15, -0.1) is 0 Å². The third-order valence-electron chi connectivity index (χ3n) is 4.76. The van der Waals surface area contributed by atoms with Crippen LogP contribution in [0.15, 0.2) is 18.2 Å². The van der Waals surface area contributed by atoms with Gasteiger partial charge in [0, 0.05) is 5.54 Å². The maximum Gasteiger partial charge on any atom is 0.0270 e. The third kappa shape index (κ3) is 2.47.